The van der Waals surface area contributed by atoms with Crippen molar-refractivity contribution in [3.63, 3.8) is 0 Å². The molecule has 0 aliphatic rings. The van der Waals surface area contributed by atoms with E-state index in [1.165, 1.54) is 0 Å². The monoisotopic (exact) mass is 656 g/mol. The summed E-state index contributed by atoms with van der Waals surface area (Å²) in [6, 6.07) is 0. The van der Waals surface area contributed by atoms with Crippen LogP contribution >= 0.6 is 0 Å². The summed E-state index contributed by atoms with van der Waals surface area (Å²) in [6.07, 6.45) is -16.8. The molecule has 0 saturated heterocycles. The van der Waals surface area contributed by atoms with Gasteiger partial charge in [-0.2, -0.15) is 0 Å². The van der Waals surface area contributed by atoms with Gasteiger partial charge >= 0.3 is 179 Å². The molecule has 0 rings (SSSR count). The van der Waals surface area contributed by atoms with Crippen LogP contribution in [0.1, 0.15) is 0 Å². The third kappa shape index (κ3) is 8.61. The molecule has 0 amide bonds. The fraction of sp³-hybridized carbons (Fsp3) is 0.500. The van der Waals surface area contributed by atoms with Crippen LogP contribution in [0.5, 0.6) is 0 Å². The molecule has 0 radical (unpaired) electrons. The van der Waals surface area contributed by atoms with E-state index in [4.69, 9.17) is 30.6 Å². The van der Waals surface area contributed by atoms with Crippen LogP contribution in [-0.2, 0) is 37.2 Å². The van der Waals surface area contributed by atoms with Gasteiger partial charge in [0.15, 0.2) is 0 Å². The van der Waals surface area contributed by atoms with Crippen LogP contribution < -0.4 is 0 Å². The molecular formula is C12H15BiO18. The molecule has 0 aliphatic heterocycles. The number of rotatable bonds is 12. The normalized spacial score (nSPS) is 16.7. The minimum absolute atomic E-state index is 2.06. The molecule has 0 bridgehead atoms. The van der Waals surface area contributed by atoms with Gasteiger partial charge in [-0.1, -0.05) is 0 Å². The average Bonchev–Trinajstić information content (AvgIpc) is 2.69. The summed E-state index contributed by atoms with van der Waals surface area (Å²) in [5.41, 5.74) is 0. The number of hydrogen-bond donors (Lipinski definition) is 9. The predicted molar refractivity (Wildman–Crippen MR) is 83.0 cm³/mol. The van der Waals surface area contributed by atoms with Crippen molar-refractivity contribution in [2.24, 2.45) is 0 Å². The van der Waals surface area contributed by atoms with Crippen LogP contribution in [0.3, 0.4) is 0 Å². The van der Waals surface area contributed by atoms with Crippen molar-refractivity contribution in [1.29, 1.82) is 0 Å². The Morgan fingerprint density at radius 1 is 0.452 bits per heavy atom. The molecule has 0 spiro atoms. The van der Waals surface area contributed by atoms with E-state index >= 15 is 0 Å². The second kappa shape index (κ2) is 12.3. The molecule has 0 heterocycles. The SMILES string of the molecule is O=C(O)C(O)C(O)C(=O)[O][Bi]([O]C(=O)C(O)C(O)C(=O)O)[O]C(=O)C(O)C(O)C(=O)O. The molecule has 19 heteroatoms. The topological polar surface area (TPSA) is 312 Å². The van der Waals surface area contributed by atoms with Gasteiger partial charge in [-0.05, 0) is 0 Å². The number of carboxylic acids is 3. The summed E-state index contributed by atoms with van der Waals surface area (Å²) in [7, 11) is 0. The molecule has 176 valence electrons. The molecule has 18 nitrogen and oxygen atoms in total. The van der Waals surface area contributed by atoms with Gasteiger partial charge in [0.25, 0.3) is 0 Å². The number of aliphatic carboxylic acids is 3. The second-order valence-electron chi connectivity index (χ2n) is 5.14. The molecule has 0 aliphatic carbocycles. The van der Waals surface area contributed by atoms with E-state index in [-0.39, 0.29) is 0 Å². The fourth-order valence-electron chi connectivity index (χ4n) is 1.23. The van der Waals surface area contributed by atoms with Crippen LogP contribution in [0.15, 0.2) is 0 Å². The number of hydrogen-bond acceptors (Lipinski definition) is 15. The zero-order valence-electron chi connectivity index (χ0n) is 14.6. The second-order valence-corrected chi connectivity index (χ2v) is 9.01. The first kappa shape index (κ1) is 28.5. The molecule has 0 saturated carbocycles. The quantitative estimate of drug-likeness (QED) is 0.0881. The van der Waals surface area contributed by atoms with Crippen molar-refractivity contribution >= 4 is 58.9 Å². The third-order valence-corrected chi connectivity index (χ3v) is 6.71. The number of aliphatic hydroxyl groups is 6. The molecule has 31 heavy (non-hydrogen) atoms. The Balaban J connectivity index is 5.56. The summed E-state index contributed by atoms with van der Waals surface area (Å²) in [5.74, 6) is -12.5. The zero-order valence-corrected chi connectivity index (χ0v) is 18.1. The van der Waals surface area contributed by atoms with Gasteiger partial charge in [-0.15, -0.1) is 0 Å². The van der Waals surface area contributed by atoms with E-state index in [0.717, 1.165) is 0 Å². The number of carboxylic acid groups (broad SMARTS) is 3. The fourth-order valence-corrected chi connectivity index (χ4v) is 4.64. The van der Waals surface area contributed by atoms with Gasteiger partial charge in [0.05, 0.1) is 0 Å². The van der Waals surface area contributed by atoms with Crippen molar-refractivity contribution in [2.75, 3.05) is 0 Å². The number of aliphatic hydroxyl groups excluding tert-OH is 6. The van der Waals surface area contributed by atoms with Gasteiger partial charge in [0.1, 0.15) is 0 Å². The van der Waals surface area contributed by atoms with Crippen LogP contribution in [0.4, 0.5) is 0 Å². The van der Waals surface area contributed by atoms with Gasteiger partial charge in [0, 0.05) is 0 Å². The molecule has 9 N–H and O–H groups in total. The van der Waals surface area contributed by atoms with Crippen LogP contribution in [-0.4, -0.2) is 141 Å². The molecule has 0 aromatic carbocycles. The number of carbonyl (C=O) groups excluding carboxylic acids is 3. The Hall–Kier alpha value is -2.54. The van der Waals surface area contributed by atoms with Crippen molar-refractivity contribution < 1.29 is 83.2 Å². The standard InChI is InChI=1S/3C4H6O6.Bi/c3*5-1(3(7)8)2(6)4(9)10;/h3*1-2,5-6H,(H,7,8)(H,9,10);/q;;;+3/p-3. The summed E-state index contributed by atoms with van der Waals surface area (Å²) < 4.78 is 12.7. The van der Waals surface area contributed by atoms with E-state index in [1.54, 1.807) is 0 Å². The Morgan fingerprint density at radius 2 is 0.645 bits per heavy atom. The van der Waals surface area contributed by atoms with Gasteiger partial charge in [-0.3, -0.25) is 0 Å². The Bertz CT molecular complexity index is 625. The first-order chi connectivity index (χ1) is 14.1. The maximum absolute atomic E-state index is 11.6. The van der Waals surface area contributed by atoms with E-state index in [1.807, 2.05) is 0 Å². The van der Waals surface area contributed by atoms with Crippen molar-refractivity contribution in [1.82, 2.24) is 0 Å². The van der Waals surface area contributed by atoms with Crippen molar-refractivity contribution in [2.45, 2.75) is 36.6 Å². The first-order valence-corrected chi connectivity index (χ1v) is 11.6. The molecule has 6 atom stereocenters. The maximum atomic E-state index is 11.6. The summed E-state index contributed by atoms with van der Waals surface area (Å²) in [5, 5.41) is 80.7. The van der Waals surface area contributed by atoms with Gasteiger partial charge in [0.2, 0.25) is 0 Å². The van der Waals surface area contributed by atoms with Gasteiger partial charge < -0.3 is 0 Å². The van der Waals surface area contributed by atoms with E-state index < -0.39 is 95.5 Å². The molecular weight excluding hydrogens is 641 g/mol. The summed E-state index contributed by atoms with van der Waals surface area (Å²) in [4.78, 5) is 66.6. The molecule has 0 aromatic heterocycles. The minimum atomic E-state index is -5.51. The average molecular weight is 656 g/mol. The Kier molecular flexibility index (Phi) is 11.3. The van der Waals surface area contributed by atoms with E-state index in [2.05, 4.69) is 8.44 Å². The Labute approximate surface area is 179 Å². The third-order valence-electron chi connectivity index (χ3n) is 2.87. The van der Waals surface area contributed by atoms with Crippen molar-refractivity contribution in [3.05, 3.63) is 0 Å². The predicted octanol–water partition coefficient (Wildman–Crippen LogP) is -6.98. The van der Waals surface area contributed by atoms with E-state index in [0.29, 0.717) is 0 Å². The molecule has 6 unspecified atom stereocenters. The van der Waals surface area contributed by atoms with Crippen LogP contribution in [0.25, 0.3) is 0 Å². The summed E-state index contributed by atoms with van der Waals surface area (Å²) >= 11 is -5.51. The molecule has 0 aromatic rings. The molecule has 0 fully saturated rings. The van der Waals surface area contributed by atoms with E-state index in [9.17, 15) is 44.1 Å². The Morgan fingerprint density at radius 3 is 0.806 bits per heavy atom. The first-order valence-electron chi connectivity index (χ1n) is 7.34. The zero-order chi connectivity index (χ0) is 24.6. The van der Waals surface area contributed by atoms with Crippen LogP contribution in [0.2, 0.25) is 0 Å². The van der Waals surface area contributed by atoms with Crippen LogP contribution in [0, 0.1) is 0 Å². The van der Waals surface area contributed by atoms with Crippen molar-refractivity contribution in [3.8, 4) is 0 Å². The van der Waals surface area contributed by atoms with Gasteiger partial charge in [-0.25, -0.2) is 0 Å². The number of carbonyl (C=O) groups is 6. The summed E-state index contributed by atoms with van der Waals surface area (Å²) in [6.45, 7) is 0.